The molecule has 2 aromatic carbocycles. The minimum absolute atomic E-state index is 0.148. The van der Waals surface area contributed by atoms with E-state index in [1.807, 2.05) is 0 Å². The molecule has 1 heterocycles. The molecule has 0 unspecified atom stereocenters. The largest absolute Gasteiger partial charge is 0.373 e. The highest BCUT2D eigenvalue weighted by molar-refractivity contribution is 6.42. The fourth-order valence-electron chi connectivity index (χ4n) is 3.70. The fourth-order valence-corrected chi connectivity index (χ4v) is 4.00. The highest BCUT2D eigenvalue weighted by Gasteiger charge is 2.32. The van der Waals surface area contributed by atoms with E-state index in [1.165, 1.54) is 24.3 Å². The second-order valence-corrected chi connectivity index (χ2v) is 8.85. The van der Waals surface area contributed by atoms with E-state index < -0.39 is 0 Å². The Morgan fingerprint density at radius 1 is 1.03 bits per heavy atom. The molecule has 1 saturated carbocycles. The van der Waals surface area contributed by atoms with Gasteiger partial charge in [0.1, 0.15) is 5.82 Å². The first-order valence-corrected chi connectivity index (χ1v) is 11.1. The van der Waals surface area contributed by atoms with Gasteiger partial charge in [-0.3, -0.25) is 9.59 Å². The number of amides is 2. The Labute approximate surface area is 190 Å². The molecule has 1 atom stereocenters. The number of morpholine rings is 1. The topological polar surface area (TPSA) is 49.9 Å². The molecule has 2 aliphatic rings. The van der Waals surface area contributed by atoms with Crippen molar-refractivity contribution in [2.45, 2.75) is 18.9 Å². The monoisotopic (exact) mass is 464 g/mol. The van der Waals surface area contributed by atoms with E-state index in [0.717, 1.165) is 12.8 Å². The summed E-state index contributed by atoms with van der Waals surface area (Å²) in [6.45, 7) is 2.23. The van der Waals surface area contributed by atoms with Gasteiger partial charge in [-0.05, 0) is 61.2 Å². The summed E-state index contributed by atoms with van der Waals surface area (Å²) >= 11 is 12.0. The first-order chi connectivity index (χ1) is 14.9. The number of carbonyl (C=O) groups excluding carboxylic acids is 2. The zero-order valence-corrected chi connectivity index (χ0v) is 18.4. The molecule has 1 aliphatic heterocycles. The number of ether oxygens (including phenoxy) is 1. The molecule has 0 aromatic heterocycles. The minimum Gasteiger partial charge on any atom is -0.373 e. The van der Waals surface area contributed by atoms with E-state index in [9.17, 15) is 14.0 Å². The molecule has 8 heteroatoms. The van der Waals surface area contributed by atoms with Gasteiger partial charge in [0.05, 0.1) is 22.8 Å². The average molecular weight is 465 g/mol. The molecule has 4 rings (SSSR count). The normalized spacial score (nSPS) is 18.7. The molecule has 2 fully saturated rings. The maximum absolute atomic E-state index is 13.3. The predicted octanol–water partition coefficient (Wildman–Crippen LogP) is 4.53. The molecule has 5 nitrogen and oxygen atoms in total. The Morgan fingerprint density at radius 3 is 2.42 bits per heavy atom. The standard InChI is InChI=1S/C23H23Cl2FN2O3/c24-20-8-5-17(11-21(20)25)23(30)27-9-10-31-19(13-27)14-28(12-15-1-2-15)22(29)16-3-6-18(26)7-4-16/h3-8,11,15,19H,1-2,9-10,12-14H2/t19-/m0/s1. The van der Waals surface area contributed by atoms with Gasteiger partial charge in [0.25, 0.3) is 11.8 Å². The average Bonchev–Trinajstić information content (AvgIpc) is 3.59. The van der Waals surface area contributed by atoms with Crippen molar-refractivity contribution in [1.29, 1.82) is 0 Å². The van der Waals surface area contributed by atoms with Crippen molar-refractivity contribution in [2.75, 3.05) is 32.8 Å². The SMILES string of the molecule is O=C(c1ccc(Cl)c(Cl)c1)N1CCO[C@H](CN(CC2CC2)C(=O)c2ccc(F)cc2)C1. The molecular formula is C23H23Cl2FN2O3. The highest BCUT2D eigenvalue weighted by atomic mass is 35.5. The maximum Gasteiger partial charge on any atom is 0.254 e. The molecular weight excluding hydrogens is 442 g/mol. The summed E-state index contributed by atoms with van der Waals surface area (Å²) in [5.74, 6) is -0.187. The molecule has 1 aliphatic carbocycles. The number of carbonyl (C=O) groups is 2. The van der Waals surface area contributed by atoms with Crippen molar-refractivity contribution >= 4 is 35.0 Å². The van der Waals surface area contributed by atoms with Gasteiger partial charge >= 0.3 is 0 Å². The zero-order chi connectivity index (χ0) is 22.0. The van der Waals surface area contributed by atoms with Crippen molar-refractivity contribution in [3.05, 3.63) is 69.5 Å². The smallest absolute Gasteiger partial charge is 0.254 e. The van der Waals surface area contributed by atoms with Crippen LogP contribution in [0.1, 0.15) is 33.6 Å². The molecule has 0 spiro atoms. The van der Waals surface area contributed by atoms with Crippen molar-refractivity contribution in [3.63, 3.8) is 0 Å². The van der Waals surface area contributed by atoms with E-state index in [-0.39, 0.29) is 23.7 Å². The van der Waals surface area contributed by atoms with Crippen LogP contribution < -0.4 is 0 Å². The summed E-state index contributed by atoms with van der Waals surface area (Å²) in [4.78, 5) is 29.4. The lowest BCUT2D eigenvalue weighted by Crippen LogP contribution is -2.51. The van der Waals surface area contributed by atoms with Gasteiger partial charge in [-0.15, -0.1) is 0 Å². The number of halogens is 3. The summed E-state index contributed by atoms with van der Waals surface area (Å²) in [5.41, 5.74) is 0.911. The van der Waals surface area contributed by atoms with Crippen LogP contribution in [0.5, 0.6) is 0 Å². The molecule has 0 radical (unpaired) electrons. The fraction of sp³-hybridized carbons (Fsp3) is 0.391. The number of benzene rings is 2. The number of hydrogen-bond acceptors (Lipinski definition) is 3. The van der Waals surface area contributed by atoms with E-state index >= 15 is 0 Å². The number of hydrogen-bond donors (Lipinski definition) is 0. The maximum atomic E-state index is 13.3. The van der Waals surface area contributed by atoms with Crippen LogP contribution in [-0.4, -0.2) is 60.5 Å². The quantitative estimate of drug-likeness (QED) is 0.630. The van der Waals surface area contributed by atoms with Crippen LogP contribution in [0.25, 0.3) is 0 Å². The van der Waals surface area contributed by atoms with E-state index in [0.29, 0.717) is 59.9 Å². The molecule has 31 heavy (non-hydrogen) atoms. The molecule has 0 N–H and O–H groups in total. The molecule has 2 aromatic rings. The van der Waals surface area contributed by atoms with Gasteiger partial charge in [-0.25, -0.2) is 4.39 Å². The van der Waals surface area contributed by atoms with Crippen LogP contribution >= 0.6 is 23.2 Å². The van der Waals surface area contributed by atoms with Crippen LogP contribution in [0.4, 0.5) is 4.39 Å². The van der Waals surface area contributed by atoms with Crippen molar-refractivity contribution in [3.8, 4) is 0 Å². The third-order valence-corrected chi connectivity index (χ3v) is 6.31. The molecule has 1 saturated heterocycles. The van der Waals surface area contributed by atoms with E-state index in [1.54, 1.807) is 28.0 Å². The van der Waals surface area contributed by atoms with Gasteiger partial charge < -0.3 is 14.5 Å². The van der Waals surface area contributed by atoms with E-state index in [4.69, 9.17) is 27.9 Å². The lowest BCUT2D eigenvalue weighted by molar-refractivity contribution is -0.0335. The highest BCUT2D eigenvalue weighted by Crippen LogP contribution is 2.30. The number of nitrogens with zero attached hydrogens (tertiary/aromatic N) is 2. The van der Waals surface area contributed by atoms with Gasteiger partial charge in [0.15, 0.2) is 0 Å². The minimum atomic E-state index is -0.377. The van der Waals surface area contributed by atoms with Gasteiger partial charge in [0, 0.05) is 37.3 Å². The van der Waals surface area contributed by atoms with Gasteiger partial charge in [0.2, 0.25) is 0 Å². The van der Waals surface area contributed by atoms with Crippen LogP contribution in [0, 0.1) is 11.7 Å². The summed E-state index contributed by atoms with van der Waals surface area (Å²) in [5, 5.41) is 0.728. The Kier molecular flexibility index (Phi) is 6.80. The van der Waals surface area contributed by atoms with E-state index in [2.05, 4.69) is 0 Å². The Morgan fingerprint density at radius 2 is 1.74 bits per heavy atom. The van der Waals surface area contributed by atoms with Crippen LogP contribution in [-0.2, 0) is 4.74 Å². The van der Waals surface area contributed by atoms with Gasteiger partial charge in [-0.1, -0.05) is 23.2 Å². The lowest BCUT2D eigenvalue weighted by atomic mass is 10.1. The third-order valence-electron chi connectivity index (χ3n) is 5.57. The number of rotatable bonds is 6. The van der Waals surface area contributed by atoms with Crippen LogP contribution in [0.2, 0.25) is 10.0 Å². The molecule has 0 bridgehead atoms. The second-order valence-electron chi connectivity index (χ2n) is 8.03. The summed E-state index contributed by atoms with van der Waals surface area (Å²) < 4.78 is 19.1. The van der Waals surface area contributed by atoms with Crippen LogP contribution in [0.15, 0.2) is 42.5 Å². The Bertz CT molecular complexity index is 966. The summed E-state index contributed by atoms with van der Waals surface area (Å²) in [6.07, 6.45) is 1.89. The summed E-state index contributed by atoms with van der Waals surface area (Å²) in [6, 6.07) is 10.4. The summed E-state index contributed by atoms with van der Waals surface area (Å²) in [7, 11) is 0. The zero-order valence-electron chi connectivity index (χ0n) is 16.9. The van der Waals surface area contributed by atoms with Crippen molar-refractivity contribution < 1.29 is 18.7 Å². The first kappa shape index (κ1) is 22.1. The van der Waals surface area contributed by atoms with Gasteiger partial charge in [-0.2, -0.15) is 0 Å². The van der Waals surface area contributed by atoms with Crippen molar-refractivity contribution in [2.24, 2.45) is 5.92 Å². The first-order valence-electron chi connectivity index (χ1n) is 10.3. The predicted molar refractivity (Wildman–Crippen MR) is 117 cm³/mol. The molecule has 164 valence electrons. The Balaban J connectivity index is 1.44. The van der Waals surface area contributed by atoms with Crippen LogP contribution in [0.3, 0.4) is 0 Å². The second kappa shape index (κ2) is 9.55. The Hall–Kier alpha value is -2.15. The third kappa shape index (κ3) is 5.56. The molecule has 2 amide bonds. The van der Waals surface area contributed by atoms with Crippen molar-refractivity contribution in [1.82, 2.24) is 9.80 Å². The lowest BCUT2D eigenvalue weighted by Gasteiger charge is -2.36.